The van der Waals surface area contributed by atoms with Crippen molar-refractivity contribution in [1.29, 1.82) is 0 Å². The van der Waals surface area contributed by atoms with E-state index in [0.717, 1.165) is 44.9 Å². The molecule has 0 radical (unpaired) electrons. The molecule has 0 aromatic carbocycles. The van der Waals surface area contributed by atoms with E-state index in [-0.39, 0.29) is 12.0 Å². The molecular weight excluding hydrogens is 178 g/mol. The number of nitrogens with one attached hydrogen (secondary N) is 1. The van der Waals surface area contributed by atoms with Crippen molar-refractivity contribution in [3.63, 3.8) is 0 Å². The maximum Gasteiger partial charge on any atom is 0.105 e. The van der Waals surface area contributed by atoms with Gasteiger partial charge in [-0.2, -0.15) is 0 Å². The van der Waals surface area contributed by atoms with Crippen molar-refractivity contribution in [2.24, 2.45) is 10.4 Å². The first-order valence-electron chi connectivity index (χ1n) is 5.35. The number of likely N-dealkylation sites (tertiary alicyclic amines) is 1. The highest BCUT2D eigenvalue weighted by molar-refractivity contribution is 5.89. The number of hydrogen-bond acceptors (Lipinski definition) is 4. The molecule has 0 unspecified atom stereocenters. The number of aliphatic hydroxyl groups excluding tert-OH is 1. The Balaban J connectivity index is 2.09. The lowest BCUT2D eigenvalue weighted by Gasteiger charge is -2.39. The Morgan fingerprint density at radius 3 is 2.71 bits per heavy atom. The van der Waals surface area contributed by atoms with Crippen molar-refractivity contribution in [3.05, 3.63) is 0 Å². The van der Waals surface area contributed by atoms with Crippen LogP contribution in [0.15, 0.2) is 4.99 Å². The maximum atomic E-state index is 9.55. The van der Waals surface area contributed by atoms with Crippen molar-refractivity contribution < 1.29 is 5.11 Å². The van der Waals surface area contributed by atoms with E-state index >= 15 is 0 Å². The fourth-order valence-corrected chi connectivity index (χ4v) is 2.27. The summed E-state index contributed by atoms with van der Waals surface area (Å²) in [7, 11) is 2.13. The van der Waals surface area contributed by atoms with Gasteiger partial charge in [-0.3, -0.25) is 4.99 Å². The summed E-state index contributed by atoms with van der Waals surface area (Å²) < 4.78 is 0. The molecule has 2 N–H and O–H groups in total. The Labute approximate surface area is 85.0 Å². The number of piperidine rings is 1. The number of amidine groups is 1. The third kappa shape index (κ3) is 1.64. The summed E-state index contributed by atoms with van der Waals surface area (Å²) in [6.45, 7) is 4.15. The Kier molecular flexibility index (Phi) is 2.74. The van der Waals surface area contributed by atoms with Gasteiger partial charge in [-0.15, -0.1) is 0 Å². The molecule has 0 bridgehead atoms. The molecule has 0 spiro atoms. The lowest BCUT2D eigenvalue weighted by Crippen LogP contribution is -2.48. The number of hydrogen-bond donors (Lipinski definition) is 2. The SMILES string of the molecule is CN1CCC(CO)(C2=NCCN2)CC1. The molecule has 80 valence electrons. The van der Waals surface area contributed by atoms with Crippen LogP contribution in [0.2, 0.25) is 0 Å². The fourth-order valence-electron chi connectivity index (χ4n) is 2.27. The minimum absolute atomic E-state index is 0.0665. The summed E-state index contributed by atoms with van der Waals surface area (Å²) >= 11 is 0. The number of aliphatic hydroxyl groups is 1. The van der Waals surface area contributed by atoms with Gasteiger partial charge in [0.05, 0.1) is 18.6 Å². The van der Waals surface area contributed by atoms with Gasteiger partial charge < -0.3 is 15.3 Å². The molecule has 2 rings (SSSR count). The van der Waals surface area contributed by atoms with E-state index in [9.17, 15) is 5.11 Å². The summed E-state index contributed by atoms with van der Waals surface area (Å²) in [6.07, 6.45) is 2.04. The van der Waals surface area contributed by atoms with Crippen LogP contribution in [-0.2, 0) is 0 Å². The quantitative estimate of drug-likeness (QED) is 0.638. The molecule has 2 aliphatic rings. The predicted molar refractivity (Wildman–Crippen MR) is 56.6 cm³/mol. The van der Waals surface area contributed by atoms with Gasteiger partial charge in [0.15, 0.2) is 0 Å². The van der Waals surface area contributed by atoms with Crippen LogP contribution in [-0.4, -0.2) is 55.7 Å². The second-order valence-electron chi connectivity index (χ2n) is 4.40. The van der Waals surface area contributed by atoms with Crippen LogP contribution < -0.4 is 5.32 Å². The zero-order valence-corrected chi connectivity index (χ0v) is 8.79. The van der Waals surface area contributed by atoms with Crippen LogP contribution in [0.5, 0.6) is 0 Å². The molecule has 4 heteroatoms. The average molecular weight is 197 g/mol. The second kappa shape index (κ2) is 3.87. The Hall–Kier alpha value is -0.610. The van der Waals surface area contributed by atoms with E-state index < -0.39 is 0 Å². The van der Waals surface area contributed by atoms with Crippen LogP contribution in [0.3, 0.4) is 0 Å². The minimum Gasteiger partial charge on any atom is -0.395 e. The monoisotopic (exact) mass is 197 g/mol. The van der Waals surface area contributed by atoms with Crippen LogP contribution in [0.1, 0.15) is 12.8 Å². The maximum absolute atomic E-state index is 9.55. The second-order valence-corrected chi connectivity index (χ2v) is 4.40. The fraction of sp³-hybridized carbons (Fsp3) is 0.900. The summed E-state index contributed by atoms with van der Waals surface area (Å²) in [5.74, 6) is 1.05. The third-order valence-electron chi connectivity index (χ3n) is 3.42. The third-order valence-corrected chi connectivity index (χ3v) is 3.42. The molecule has 2 heterocycles. The summed E-state index contributed by atoms with van der Waals surface area (Å²) in [4.78, 5) is 6.76. The molecule has 14 heavy (non-hydrogen) atoms. The van der Waals surface area contributed by atoms with Crippen LogP contribution in [0, 0.1) is 5.41 Å². The first-order valence-corrected chi connectivity index (χ1v) is 5.35. The highest BCUT2D eigenvalue weighted by atomic mass is 16.3. The van der Waals surface area contributed by atoms with Gasteiger partial charge in [0.1, 0.15) is 5.84 Å². The Bertz CT molecular complexity index is 232. The van der Waals surface area contributed by atoms with Gasteiger partial charge in [-0.05, 0) is 33.0 Å². The van der Waals surface area contributed by atoms with E-state index in [1.807, 2.05) is 0 Å². The highest BCUT2D eigenvalue weighted by Gasteiger charge is 2.39. The summed E-state index contributed by atoms with van der Waals surface area (Å²) in [5.41, 5.74) is -0.0665. The molecule has 1 saturated heterocycles. The topological polar surface area (TPSA) is 47.9 Å². The lowest BCUT2D eigenvalue weighted by molar-refractivity contribution is 0.105. The summed E-state index contributed by atoms with van der Waals surface area (Å²) in [6, 6.07) is 0. The van der Waals surface area contributed by atoms with Crippen LogP contribution in [0.25, 0.3) is 0 Å². The smallest absolute Gasteiger partial charge is 0.105 e. The van der Waals surface area contributed by atoms with Gasteiger partial charge in [0.25, 0.3) is 0 Å². The van der Waals surface area contributed by atoms with E-state index in [2.05, 4.69) is 22.3 Å². The van der Waals surface area contributed by atoms with Crippen LogP contribution >= 0.6 is 0 Å². The van der Waals surface area contributed by atoms with Crippen molar-refractivity contribution >= 4 is 5.84 Å². The predicted octanol–water partition coefficient (Wildman–Crippen LogP) is -0.308. The van der Waals surface area contributed by atoms with Crippen molar-refractivity contribution in [2.45, 2.75) is 12.8 Å². The molecule has 1 fully saturated rings. The average Bonchev–Trinajstić information content (AvgIpc) is 2.73. The molecule has 0 atom stereocenters. The Morgan fingerprint density at radius 1 is 1.50 bits per heavy atom. The van der Waals surface area contributed by atoms with E-state index in [1.54, 1.807) is 0 Å². The van der Waals surface area contributed by atoms with E-state index in [1.165, 1.54) is 0 Å². The molecule has 0 aromatic rings. The van der Waals surface area contributed by atoms with Crippen molar-refractivity contribution in [3.8, 4) is 0 Å². The molecule has 0 amide bonds. The molecular formula is C10H19N3O. The van der Waals surface area contributed by atoms with Gasteiger partial charge in [-0.25, -0.2) is 0 Å². The normalized spacial score (nSPS) is 27.1. The molecule has 0 saturated carbocycles. The zero-order chi connectivity index (χ0) is 10.0. The van der Waals surface area contributed by atoms with Crippen molar-refractivity contribution in [2.75, 3.05) is 39.8 Å². The molecule has 0 aliphatic carbocycles. The molecule has 2 aliphatic heterocycles. The first kappa shape index (κ1) is 9.93. The standard InChI is InChI=1S/C10H19N3O/c1-13-6-2-10(8-14,3-7-13)9-11-4-5-12-9/h14H,2-8H2,1H3,(H,11,12). The van der Waals surface area contributed by atoms with E-state index in [4.69, 9.17) is 0 Å². The number of rotatable bonds is 2. The number of aliphatic imine (C=N–C) groups is 1. The number of nitrogens with zero attached hydrogens (tertiary/aromatic N) is 2. The highest BCUT2D eigenvalue weighted by Crippen LogP contribution is 2.32. The first-order chi connectivity index (χ1) is 6.77. The molecule has 4 nitrogen and oxygen atoms in total. The summed E-state index contributed by atoms with van der Waals surface area (Å²) in [5, 5.41) is 12.9. The van der Waals surface area contributed by atoms with Gasteiger partial charge >= 0.3 is 0 Å². The van der Waals surface area contributed by atoms with Crippen LogP contribution in [0.4, 0.5) is 0 Å². The minimum atomic E-state index is -0.0665. The van der Waals surface area contributed by atoms with Gasteiger partial charge in [0.2, 0.25) is 0 Å². The zero-order valence-electron chi connectivity index (χ0n) is 8.79. The Morgan fingerprint density at radius 2 is 2.21 bits per heavy atom. The van der Waals surface area contributed by atoms with Crippen molar-refractivity contribution in [1.82, 2.24) is 10.2 Å². The van der Waals surface area contributed by atoms with Gasteiger partial charge in [-0.1, -0.05) is 0 Å². The molecule has 0 aromatic heterocycles. The largest absolute Gasteiger partial charge is 0.395 e. The van der Waals surface area contributed by atoms with E-state index in [0.29, 0.717) is 0 Å². The van der Waals surface area contributed by atoms with Gasteiger partial charge in [0, 0.05) is 6.54 Å². The lowest BCUT2D eigenvalue weighted by atomic mass is 9.78.